The van der Waals surface area contributed by atoms with Gasteiger partial charge in [-0.15, -0.1) is 0 Å². The lowest BCUT2D eigenvalue weighted by atomic mass is 9.97. The van der Waals surface area contributed by atoms with Gasteiger partial charge in [-0.25, -0.2) is 0 Å². The summed E-state index contributed by atoms with van der Waals surface area (Å²) in [5, 5.41) is 4.87. The van der Waals surface area contributed by atoms with Crippen molar-refractivity contribution in [3.05, 3.63) is 115 Å². The zero-order valence-corrected chi connectivity index (χ0v) is 18.5. The predicted molar refractivity (Wildman–Crippen MR) is 133 cm³/mol. The van der Waals surface area contributed by atoms with E-state index in [-0.39, 0.29) is 5.91 Å². The molecule has 0 saturated heterocycles. The van der Waals surface area contributed by atoms with Gasteiger partial charge < -0.3 is 14.8 Å². The minimum Gasteiger partial charge on any atom is -0.497 e. The fourth-order valence-electron chi connectivity index (χ4n) is 3.54. The SMILES string of the molecule is COc1ccc(C(=C/C=C/C(=O)Nc2cccc3cnccc23)c2ccc(OC)cc2)cc1. The Balaban J connectivity index is 1.59. The standard InChI is InChI=1S/C28H24N2O3/c1-32-23-13-9-20(10-14-23)25(21-11-15-24(33-2)16-12-21)6-4-8-28(31)30-27-7-3-5-22-19-29-18-17-26(22)27/h3-19H,1-2H3,(H,30,31)/b8-4+. The molecule has 5 heteroatoms. The van der Waals surface area contributed by atoms with Crippen molar-refractivity contribution >= 4 is 27.9 Å². The molecule has 0 aliphatic carbocycles. The van der Waals surface area contributed by atoms with Crippen LogP contribution in [-0.2, 0) is 4.79 Å². The Kier molecular flexibility index (Phi) is 6.81. The fourth-order valence-corrected chi connectivity index (χ4v) is 3.54. The Hall–Kier alpha value is -4.38. The number of benzene rings is 3. The number of carbonyl (C=O) groups excluding carboxylic acids is 1. The number of rotatable bonds is 7. The number of anilines is 1. The van der Waals surface area contributed by atoms with Crippen LogP contribution in [0.1, 0.15) is 11.1 Å². The summed E-state index contributed by atoms with van der Waals surface area (Å²) in [4.78, 5) is 16.7. The van der Waals surface area contributed by atoms with Crippen LogP contribution in [0.2, 0.25) is 0 Å². The van der Waals surface area contributed by atoms with Gasteiger partial charge in [-0.2, -0.15) is 0 Å². The molecular weight excluding hydrogens is 412 g/mol. The van der Waals surface area contributed by atoms with E-state index in [2.05, 4.69) is 10.3 Å². The Labute approximate surface area is 193 Å². The molecule has 1 amide bonds. The number of hydrogen-bond acceptors (Lipinski definition) is 4. The van der Waals surface area contributed by atoms with E-state index in [1.807, 2.05) is 78.9 Å². The molecule has 0 fully saturated rings. The van der Waals surface area contributed by atoms with Gasteiger partial charge in [0, 0.05) is 34.9 Å². The molecule has 33 heavy (non-hydrogen) atoms. The van der Waals surface area contributed by atoms with Crippen LogP contribution in [0.4, 0.5) is 5.69 Å². The molecule has 0 radical (unpaired) electrons. The van der Waals surface area contributed by atoms with Crippen LogP contribution >= 0.6 is 0 Å². The van der Waals surface area contributed by atoms with Crippen LogP contribution in [0.3, 0.4) is 0 Å². The Morgan fingerprint density at radius 3 is 2.09 bits per heavy atom. The molecule has 0 bridgehead atoms. The number of fused-ring (bicyclic) bond motifs is 1. The number of hydrogen-bond donors (Lipinski definition) is 1. The van der Waals surface area contributed by atoms with Gasteiger partial charge in [0.2, 0.25) is 5.91 Å². The second-order valence-corrected chi connectivity index (χ2v) is 7.29. The van der Waals surface area contributed by atoms with Crippen LogP contribution in [0.15, 0.2) is 103 Å². The second-order valence-electron chi connectivity index (χ2n) is 7.29. The molecule has 1 heterocycles. The number of ether oxygens (including phenoxy) is 2. The maximum Gasteiger partial charge on any atom is 0.248 e. The van der Waals surface area contributed by atoms with Gasteiger partial charge in [-0.3, -0.25) is 9.78 Å². The molecule has 4 aromatic rings. The summed E-state index contributed by atoms with van der Waals surface area (Å²) >= 11 is 0. The second kappa shape index (κ2) is 10.3. The lowest BCUT2D eigenvalue weighted by molar-refractivity contribution is -0.111. The van der Waals surface area contributed by atoms with E-state index in [0.717, 1.165) is 44.7 Å². The summed E-state index contributed by atoms with van der Waals surface area (Å²) in [7, 11) is 3.28. The predicted octanol–water partition coefficient (Wildman–Crippen LogP) is 5.88. The van der Waals surface area contributed by atoms with E-state index in [1.165, 1.54) is 6.08 Å². The van der Waals surface area contributed by atoms with E-state index < -0.39 is 0 Å². The van der Waals surface area contributed by atoms with Crippen molar-refractivity contribution in [2.45, 2.75) is 0 Å². The molecule has 0 saturated carbocycles. The van der Waals surface area contributed by atoms with E-state index in [0.29, 0.717) is 0 Å². The first-order chi connectivity index (χ1) is 16.2. The summed E-state index contributed by atoms with van der Waals surface area (Å²) < 4.78 is 10.6. The molecule has 164 valence electrons. The molecule has 5 nitrogen and oxygen atoms in total. The molecule has 0 atom stereocenters. The van der Waals surface area contributed by atoms with E-state index in [1.54, 1.807) is 32.7 Å². The van der Waals surface area contributed by atoms with Gasteiger partial charge in [-0.1, -0.05) is 48.6 Å². The number of amides is 1. The number of methoxy groups -OCH3 is 2. The highest BCUT2D eigenvalue weighted by Gasteiger charge is 2.07. The van der Waals surface area contributed by atoms with E-state index in [9.17, 15) is 4.79 Å². The molecule has 0 aliphatic rings. The van der Waals surface area contributed by atoms with Crippen LogP contribution < -0.4 is 14.8 Å². The summed E-state index contributed by atoms with van der Waals surface area (Å²) in [6, 6.07) is 23.3. The number of nitrogens with one attached hydrogen (secondary N) is 1. The first kappa shape index (κ1) is 21.8. The van der Waals surface area contributed by atoms with Crippen LogP contribution in [-0.4, -0.2) is 25.1 Å². The Morgan fingerprint density at radius 2 is 1.48 bits per heavy atom. The van der Waals surface area contributed by atoms with E-state index in [4.69, 9.17) is 9.47 Å². The maximum absolute atomic E-state index is 12.6. The highest BCUT2D eigenvalue weighted by atomic mass is 16.5. The molecule has 1 N–H and O–H groups in total. The third kappa shape index (κ3) is 5.28. The molecule has 1 aromatic heterocycles. The highest BCUT2D eigenvalue weighted by Crippen LogP contribution is 2.27. The zero-order valence-electron chi connectivity index (χ0n) is 18.5. The summed E-state index contributed by atoms with van der Waals surface area (Å²) in [6.07, 6.45) is 8.70. The quantitative estimate of drug-likeness (QED) is 0.290. The third-order valence-corrected chi connectivity index (χ3v) is 5.25. The zero-order chi connectivity index (χ0) is 23.0. The lowest BCUT2D eigenvalue weighted by Gasteiger charge is -2.10. The highest BCUT2D eigenvalue weighted by molar-refractivity contribution is 6.06. The van der Waals surface area contributed by atoms with Gasteiger partial charge >= 0.3 is 0 Å². The third-order valence-electron chi connectivity index (χ3n) is 5.25. The molecule has 0 spiro atoms. The fraction of sp³-hybridized carbons (Fsp3) is 0.0714. The van der Waals surface area contributed by atoms with Gasteiger partial charge in [0.25, 0.3) is 0 Å². The average Bonchev–Trinajstić information content (AvgIpc) is 2.87. The number of pyridine rings is 1. The van der Waals surface area contributed by atoms with Gasteiger partial charge in [0.15, 0.2) is 0 Å². The van der Waals surface area contributed by atoms with Crippen molar-refractivity contribution < 1.29 is 14.3 Å². The van der Waals surface area contributed by atoms with E-state index >= 15 is 0 Å². The Morgan fingerprint density at radius 1 is 0.848 bits per heavy atom. The smallest absolute Gasteiger partial charge is 0.248 e. The Bertz CT molecular complexity index is 1250. The van der Waals surface area contributed by atoms with Crippen molar-refractivity contribution in [1.29, 1.82) is 0 Å². The first-order valence-corrected chi connectivity index (χ1v) is 10.5. The van der Waals surface area contributed by atoms with Gasteiger partial charge in [0.1, 0.15) is 11.5 Å². The molecule has 0 aliphatic heterocycles. The largest absolute Gasteiger partial charge is 0.497 e. The summed E-state index contributed by atoms with van der Waals surface area (Å²) in [5.41, 5.74) is 3.74. The van der Waals surface area contributed by atoms with Crippen LogP contribution in [0, 0.1) is 0 Å². The normalized spacial score (nSPS) is 10.7. The van der Waals surface area contributed by atoms with Crippen molar-refractivity contribution in [3.8, 4) is 11.5 Å². The average molecular weight is 437 g/mol. The van der Waals surface area contributed by atoms with Gasteiger partial charge in [-0.05, 0) is 53.1 Å². The van der Waals surface area contributed by atoms with Crippen molar-refractivity contribution in [2.75, 3.05) is 19.5 Å². The van der Waals surface area contributed by atoms with Crippen molar-refractivity contribution in [1.82, 2.24) is 4.98 Å². The number of allylic oxidation sites excluding steroid dienone is 2. The minimum atomic E-state index is -0.209. The molecule has 0 unspecified atom stereocenters. The maximum atomic E-state index is 12.6. The number of nitrogens with zero attached hydrogens (tertiary/aromatic N) is 1. The van der Waals surface area contributed by atoms with Gasteiger partial charge in [0.05, 0.1) is 14.2 Å². The molecule has 4 rings (SSSR count). The molecular formula is C28H24N2O3. The lowest BCUT2D eigenvalue weighted by Crippen LogP contribution is -2.08. The minimum absolute atomic E-state index is 0.209. The van der Waals surface area contributed by atoms with Crippen molar-refractivity contribution in [3.63, 3.8) is 0 Å². The monoisotopic (exact) mass is 436 g/mol. The summed E-state index contributed by atoms with van der Waals surface area (Å²) in [5.74, 6) is 1.36. The van der Waals surface area contributed by atoms with Crippen LogP contribution in [0.5, 0.6) is 11.5 Å². The summed E-state index contributed by atoms with van der Waals surface area (Å²) in [6.45, 7) is 0. The topological polar surface area (TPSA) is 60.5 Å². The number of carbonyl (C=O) groups is 1. The number of aromatic nitrogens is 1. The van der Waals surface area contributed by atoms with Crippen molar-refractivity contribution in [2.24, 2.45) is 0 Å². The first-order valence-electron chi connectivity index (χ1n) is 10.5. The van der Waals surface area contributed by atoms with Crippen LogP contribution in [0.25, 0.3) is 16.3 Å². The molecule has 3 aromatic carbocycles.